The molecule has 1 saturated carbocycles. The summed E-state index contributed by atoms with van der Waals surface area (Å²) in [5.74, 6) is -0.546. The summed E-state index contributed by atoms with van der Waals surface area (Å²) in [6.45, 7) is -0.184. The average Bonchev–Trinajstić information content (AvgIpc) is 3.16. The SMILES string of the molecule is O=C(Cn1cc(C(=O)O)nn1)Nc1ccc(Cl)c(-n2nnnc2C2CC2)c1. The van der Waals surface area contributed by atoms with E-state index in [1.54, 1.807) is 22.9 Å². The van der Waals surface area contributed by atoms with Crippen molar-refractivity contribution in [1.82, 2.24) is 35.2 Å². The highest BCUT2D eigenvalue weighted by Gasteiger charge is 2.30. The molecule has 138 valence electrons. The van der Waals surface area contributed by atoms with E-state index in [0.717, 1.165) is 23.3 Å². The minimum absolute atomic E-state index is 0.184. The van der Waals surface area contributed by atoms with Gasteiger partial charge in [-0.15, -0.1) is 10.2 Å². The zero-order valence-corrected chi connectivity index (χ0v) is 14.5. The molecule has 2 N–H and O–H groups in total. The van der Waals surface area contributed by atoms with Gasteiger partial charge in [-0.05, 0) is 41.5 Å². The quantitative estimate of drug-likeness (QED) is 0.640. The first-order chi connectivity index (χ1) is 13.0. The van der Waals surface area contributed by atoms with Crippen molar-refractivity contribution in [2.45, 2.75) is 25.3 Å². The Balaban J connectivity index is 1.51. The van der Waals surface area contributed by atoms with Crippen molar-refractivity contribution in [2.75, 3.05) is 5.32 Å². The number of hydrogen-bond acceptors (Lipinski definition) is 7. The fraction of sp³-hybridized carbons (Fsp3) is 0.267. The van der Waals surface area contributed by atoms with Gasteiger partial charge in [0.2, 0.25) is 5.91 Å². The molecule has 1 fully saturated rings. The van der Waals surface area contributed by atoms with Gasteiger partial charge in [0.25, 0.3) is 0 Å². The Hall–Kier alpha value is -3.34. The van der Waals surface area contributed by atoms with Gasteiger partial charge in [0.05, 0.1) is 16.9 Å². The second-order valence-electron chi connectivity index (χ2n) is 6.04. The lowest BCUT2D eigenvalue weighted by molar-refractivity contribution is -0.116. The monoisotopic (exact) mass is 388 g/mol. The summed E-state index contributed by atoms with van der Waals surface area (Å²) < 4.78 is 2.72. The number of carboxylic acids is 1. The highest BCUT2D eigenvalue weighted by molar-refractivity contribution is 6.32. The van der Waals surface area contributed by atoms with Crippen molar-refractivity contribution < 1.29 is 14.7 Å². The highest BCUT2D eigenvalue weighted by Crippen LogP contribution is 2.39. The van der Waals surface area contributed by atoms with Crippen LogP contribution < -0.4 is 5.32 Å². The van der Waals surface area contributed by atoms with Crippen LogP contribution in [0.5, 0.6) is 0 Å². The number of aromatic nitrogens is 7. The van der Waals surface area contributed by atoms with Crippen LogP contribution in [0.4, 0.5) is 5.69 Å². The van der Waals surface area contributed by atoms with Gasteiger partial charge in [0, 0.05) is 11.6 Å². The number of nitrogens with zero attached hydrogens (tertiary/aromatic N) is 7. The lowest BCUT2D eigenvalue weighted by Crippen LogP contribution is -2.19. The maximum Gasteiger partial charge on any atom is 0.358 e. The van der Waals surface area contributed by atoms with Crippen LogP contribution in [-0.4, -0.2) is 52.2 Å². The summed E-state index contributed by atoms with van der Waals surface area (Å²) >= 11 is 6.28. The molecule has 27 heavy (non-hydrogen) atoms. The van der Waals surface area contributed by atoms with Gasteiger partial charge in [-0.1, -0.05) is 16.8 Å². The molecule has 1 amide bonds. The second kappa shape index (κ2) is 6.76. The third-order valence-electron chi connectivity index (χ3n) is 3.96. The first kappa shape index (κ1) is 17.1. The molecule has 0 bridgehead atoms. The molecule has 1 aliphatic carbocycles. The largest absolute Gasteiger partial charge is 0.476 e. The first-order valence-corrected chi connectivity index (χ1v) is 8.40. The molecule has 2 heterocycles. The summed E-state index contributed by atoms with van der Waals surface area (Å²) in [6.07, 6.45) is 3.24. The van der Waals surface area contributed by atoms with E-state index in [2.05, 4.69) is 31.2 Å². The maximum absolute atomic E-state index is 12.2. The van der Waals surface area contributed by atoms with Crippen LogP contribution in [0.25, 0.3) is 5.69 Å². The van der Waals surface area contributed by atoms with Gasteiger partial charge in [-0.2, -0.15) is 4.68 Å². The van der Waals surface area contributed by atoms with E-state index in [1.807, 2.05) is 0 Å². The number of carbonyl (C=O) groups excluding carboxylic acids is 1. The normalized spacial score (nSPS) is 13.5. The maximum atomic E-state index is 12.2. The summed E-state index contributed by atoms with van der Waals surface area (Å²) in [4.78, 5) is 23.0. The zero-order valence-electron chi connectivity index (χ0n) is 13.8. The number of carboxylic acid groups (broad SMARTS) is 1. The number of aromatic carboxylic acids is 1. The lowest BCUT2D eigenvalue weighted by Gasteiger charge is -2.10. The van der Waals surface area contributed by atoms with Gasteiger partial charge < -0.3 is 10.4 Å². The smallest absolute Gasteiger partial charge is 0.358 e. The van der Waals surface area contributed by atoms with Crippen LogP contribution in [-0.2, 0) is 11.3 Å². The van der Waals surface area contributed by atoms with Gasteiger partial charge in [-0.25, -0.2) is 9.48 Å². The van der Waals surface area contributed by atoms with E-state index in [0.29, 0.717) is 22.3 Å². The van der Waals surface area contributed by atoms with Crippen LogP contribution in [0.2, 0.25) is 5.02 Å². The Morgan fingerprint density at radius 2 is 2.07 bits per heavy atom. The number of rotatable bonds is 6. The Morgan fingerprint density at radius 3 is 2.78 bits per heavy atom. The molecule has 0 radical (unpaired) electrons. The number of tetrazole rings is 1. The third kappa shape index (κ3) is 3.62. The van der Waals surface area contributed by atoms with Crippen LogP contribution in [0.3, 0.4) is 0 Å². The number of halogens is 1. The number of hydrogen-bond donors (Lipinski definition) is 2. The molecule has 0 saturated heterocycles. The van der Waals surface area contributed by atoms with Gasteiger partial charge >= 0.3 is 5.97 Å². The summed E-state index contributed by atoms with van der Waals surface area (Å²) in [5, 5.41) is 30.8. The molecule has 1 aliphatic rings. The van der Waals surface area contributed by atoms with Crippen molar-refractivity contribution in [3.8, 4) is 5.69 Å². The molecule has 3 aromatic rings. The Bertz CT molecular complexity index is 1030. The predicted octanol–water partition coefficient (Wildman–Crippen LogP) is 1.12. The molecule has 4 rings (SSSR count). The fourth-order valence-electron chi connectivity index (χ4n) is 2.54. The Kier molecular flexibility index (Phi) is 4.28. The molecule has 11 nitrogen and oxygen atoms in total. The van der Waals surface area contributed by atoms with Gasteiger partial charge in [0.15, 0.2) is 11.5 Å². The lowest BCUT2D eigenvalue weighted by atomic mass is 10.2. The summed E-state index contributed by atoms with van der Waals surface area (Å²) in [6, 6.07) is 4.96. The Labute approximate surface area is 156 Å². The number of carbonyl (C=O) groups is 2. The predicted molar refractivity (Wildman–Crippen MR) is 91.8 cm³/mol. The zero-order chi connectivity index (χ0) is 19.0. The molecule has 0 atom stereocenters. The van der Waals surface area contributed by atoms with Gasteiger partial charge in [-0.3, -0.25) is 4.79 Å². The standard InChI is InChI=1S/C15H13ClN8O3/c16-10-4-3-9(5-12(10)24-14(8-1-2-8)19-20-22-24)17-13(25)7-23-6-11(15(26)27)18-21-23/h3-6,8H,1-2,7H2,(H,17,25)(H,26,27). The molecular weight excluding hydrogens is 376 g/mol. The van der Waals surface area contributed by atoms with E-state index in [1.165, 1.54) is 6.20 Å². The highest BCUT2D eigenvalue weighted by atomic mass is 35.5. The molecule has 12 heteroatoms. The van der Waals surface area contributed by atoms with Gasteiger partial charge in [0.1, 0.15) is 6.54 Å². The average molecular weight is 389 g/mol. The van der Waals surface area contributed by atoms with Crippen LogP contribution >= 0.6 is 11.6 Å². The van der Waals surface area contributed by atoms with E-state index < -0.39 is 11.9 Å². The van der Waals surface area contributed by atoms with Crippen molar-refractivity contribution in [1.29, 1.82) is 0 Å². The topological polar surface area (TPSA) is 141 Å². The molecule has 0 aliphatic heterocycles. The first-order valence-electron chi connectivity index (χ1n) is 8.03. The molecule has 1 aromatic carbocycles. The minimum atomic E-state index is -1.21. The van der Waals surface area contributed by atoms with Crippen molar-refractivity contribution in [3.63, 3.8) is 0 Å². The molecule has 0 spiro atoms. The summed E-state index contributed by atoms with van der Waals surface area (Å²) in [7, 11) is 0. The van der Waals surface area contributed by atoms with Crippen LogP contribution in [0, 0.1) is 0 Å². The fourth-order valence-corrected chi connectivity index (χ4v) is 2.73. The third-order valence-corrected chi connectivity index (χ3v) is 4.28. The molecule has 2 aromatic heterocycles. The summed E-state index contributed by atoms with van der Waals surface area (Å²) in [5.41, 5.74) is 0.827. The molecular formula is C15H13ClN8O3. The van der Waals surface area contributed by atoms with E-state index >= 15 is 0 Å². The number of anilines is 1. The number of benzene rings is 1. The van der Waals surface area contributed by atoms with Crippen molar-refractivity contribution in [3.05, 3.63) is 40.9 Å². The van der Waals surface area contributed by atoms with Crippen LogP contribution in [0.15, 0.2) is 24.4 Å². The van der Waals surface area contributed by atoms with E-state index in [4.69, 9.17) is 16.7 Å². The van der Waals surface area contributed by atoms with E-state index in [9.17, 15) is 9.59 Å². The number of amides is 1. The molecule has 0 unspecified atom stereocenters. The van der Waals surface area contributed by atoms with Crippen molar-refractivity contribution in [2.24, 2.45) is 0 Å². The number of nitrogens with one attached hydrogen (secondary N) is 1. The van der Waals surface area contributed by atoms with E-state index in [-0.39, 0.29) is 12.2 Å². The Morgan fingerprint density at radius 1 is 1.26 bits per heavy atom. The second-order valence-corrected chi connectivity index (χ2v) is 6.45. The van der Waals surface area contributed by atoms with Crippen molar-refractivity contribution >= 4 is 29.2 Å². The van der Waals surface area contributed by atoms with Crippen LogP contribution in [0.1, 0.15) is 35.1 Å². The minimum Gasteiger partial charge on any atom is -0.476 e.